The van der Waals surface area contributed by atoms with Crippen molar-refractivity contribution in [3.63, 3.8) is 0 Å². The summed E-state index contributed by atoms with van der Waals surface area (Å²) in [5.74, 6) is 0.273. The van der Waals surface area contributed by atoms with E-state index in [1.807, 2.05) is 13.8 Å². The molecule has 1 rings (SSSR count). The number of aliphatic hydroxyl groups excluding tert-OH is 1. The van der Waals surface area contributed by atoms with Crippen LogP contribution in [0.1, 0.15) is 39.5 Å². The summed E-state index contributed by atoms with van der Waals surface area (Å²) < 4.78 is 0. The minimum atomic E-state index is -0.299. The van der Waals surface area contributed by atoms with E-state index in [1.54, 1.807) is 0 Å². The van der Waals surface area contributed by atoms with Gasteiger partial charge in [0.2, 0.25) is 0 Å². The van der Waals surface area contributed by atoms with E-state index in [9.17, 15) is 0 Å². The Balaban J connectivity index is 2.45. The normalized spacial score (nSPS) is 18.5. The highest BCUT2D eigenvalue weighted by Gasteiger charge is 2.28. The maximum Gasteiger partial charge on any atom is 0.144 e. The van der Waals surface area contributed by atoms with Gasteiger partial charge in [0.05, 0.1) is 6.61 Å². The van der Waals surface area contributed by atoms with Gasteiger partial charge in [0.1, 0.15) is 5.84 Å². The Bertz CT molecular complexity index is 262. The largest absolute Gasteiger partial charge is 0.409 e. The smallest absolute Gasteiger partial charge is 0.144 e. The van der Waals surface area contributed by atoms with Crippen molar-refractivity contribution >= 4 is 5.84 Å². The highest BCUT2D eigenvalue weighted by molar-refractivity contribution is 5.85. The standard InChI is InChI=1S/C12H25N3O2/c1-12(2,11(13)14-17)6-7-15(8-9-16)10-4-3-5-10/h10,16-17H,3-9H2,1-2H3,(H2,13,14). The van der Waals surface area contributed by atoms with Crippen molar-refractivity contribution in [2.75, 3.05) is 19.7 Å². The Labute approximate surface area is 103 Å². The summed E-state index contributed by atoms with van der Waals surface area (Å²) in [4.78, 5) is 2.32. The zero-order chi connectivity index (χ0) is 12.9. The minimum Gasteiger partial charge on any atom is -0.409 e. The second kappa shape index (κ2) is 6.21. The van der Waals surface area contributed by atoms with Crippen LogP contribution in [0.2, 0.25) is 0 Å². The molecule has 0 saturated heterocycles. The fourth-order valence-corrected chi connectivity index (χ4v) is 2.04. The molecule has 1 aliphatic carbocycles. The van der Waals surface area contributed by atoms with E-state index in [4.69, 9.17) is 16.0 Å². The third kappa shape index (κ3) is 3.85. The van der Waals surface area contributed by atoms with Crippen molar-refractivity contribution in [2.45, 2.75) is 45.6 Å². The van der Waals surface area contributed by atoms with Gasteiger partial charge < -0.3 is 16.0 Å². The third-order valence-corrected chi connectivity index (χ3v) is 3.80. The van der Waals surface area contributed by atoms with Gasteiger partial charge in [-0.05, 0) is 25.8 Å². The molecule has 0 atom stereocenters. The average Bonchev–Trinajstić information content (AvgIpc) is 2.22. The molecule has 0 bridgehead atoms. The van der Waals surface area contributed by atoms with Crippen LogP contribution in [0.3, 0.4) is 0 Å². The molecule has 0 amide bonds. The summed E-state index contributed by atoms with van der Waals surface area (Å²) in [6, 6.07) is 0.616. The SMILES string of the molecule is CC(C)(CCN(CCO)C1CCC1)C(N)=NO. The number of rotatable bonds is 7. The lowest BCUT2D eigenvalue weighted by atomic mass is 9.86. The Hall–Kier alpha value is -0.810. The fourth-order valence-electron chi connectivity index (χ4n) is 2.04. The van der Waals surface area contributed by atoms with Gasteiger partial charge in [-0.25, -0.2) is 0 Å². The van der Waals surface area contributed by atoms with E-state index >= 15 is 0 Å². The van der Waals surface area contributed by atoms with E-state index in [-0.39, 0.29) is 17.9 Å². The summed E-state index contributed by atoms with van der Waals surface area (Å²) in [5.41, 5.74) is 5.37. The van der Waals surface area contributed by atoms with Crippen molar-refractivity contribution in [1.29, 1.82) is 0 Å². The van der Waals surface area contributed by atoms with Gasteiger partial charge in [0, 0.05) is 18.0 Å². The minimum absolute atomic E-state index is 0.195. The first kappa shape index (κ1) is 14.3. The van der Waals surface area contributed by atoms with Gasteiger partial charge >= 0.3 is 0 Å². The Morgan fingerprint density at radius 2 is 2.06 bits per heavy atom. The van der Waals surface area contributed by atoms with Crippen LogP contribution in [0.15, 0.2) is 5.16 Å². The number of nitrogens with zero attached hydrogens (tertiary/aromatic N) is 2. The monoisotopic (exact) mass is 243 g/mol. The number of nitrogens with two attached hydrogens (primary N) is 1. The summed E-state index contributed by atoms with van der Waals surface area (Å²) in [7, 11) is 0. The first-order chi connectivity index (χ1) is 8.01. The molecule has 0 heterocycles. The first-order valence-electron chi connectivity index (χ1n) is 6.34. The predicted octanol–water partition coefficient (Wildman–Crippen LogP) is 0.996. The number of oxime groups is 1. The average molecular weight is 243 g/mol. The molecule has 0 radical (unpaired) electrons. The van der Waals surface area contributed by atoms with Crippen LogP contribution in [-0.4, -0.2) is 46.8 Å². The van der Waals surface area contributed by atoms with Crippen molar-refractivity contribution in [1.82, 2.24) is 4.90 Å². The number of hydrogen-bond acceptors (Lipinski definition) is 4. The molecule has 1 fully saturated rings. The van der Waals surface area contributed by atoms with Gasteiger partial charge in [0.15, 0.2) is 0 Å². The molecule has 0 aromatic heterocycles. The fraction of sp³-hybridized carbons (Fsp3) is 0.917. The maximum absolute atomic E-state index is 9.06. The topological polar surface area (TPSA) is 82.1 Å². The van der Waals surface area contributed by atoms with Gasteiger partial charge in [-0.3, -0.25) is 4.90 Å². The molecule has 17 heavy (non-hydrogen) atoms. The molecule has 4 N–H and O–H groups in total. The number of amidine groups is 1. The van der Waals surface area contributed by atoms with E-state index < -0.39 is 0 Å². The second-order valence-corrected chi connectivity index (χ2v) is 5.46. The second-order valence-electron chi connectivity index (χ2n) is 5.46. The summed E-state index contributed by atoms with van der Waals surface area (Å²) in [6.45, 7) is 5.74. The number of aliphatic hydroxyl groups is 1. The molecule has 100 valence electrons. The number of hydrogen-bond donors (Lipinski definition) is 3. The molecule has 0 unspecified atom stereocenters. The molecule has 1 aliphatic rings. The van der Waals surface area contributed by atoms with Crippen LogP contribution in [0.5, 0.6) is 0 Å². The van der Waals surface area contributed by atoms with Gasteiger partial charge in [0.25, 0.3) is 0 Å². The van der Waals surface area contributed by atoms with Crippen molar-refractivity contribution in [3.05, 3.63) is 0 Å². The van der Waals surface area contributed by atoms with Crippen LogP contribution < -0.4 is 5.73 Å². The summed E-state index contributed by atoms with van der Waals surface area (Å²) in [5, 5.41) is 20.9. The lowest BCUT2D eigenvalue weighted by Gasteiger charge is -2.38. The maximum atomic E-state index is 9.06. The molecular weight excluding hydrogens is 218 g/mol. The van der Waals surface area contributed by atoms with Gasteiger partial charge in [-0.1, -0.05) is 25.4 Å². The predicted molar refractivity (Wildman–Crippen MR) is 68.1 cm³/mol. The third-order valence-electron chi connectivity index (χ3n) is 3.80. The van der Waals surface area contributed by atoms with Crippen molar-refractivity contribution < 1.29 is 10.3 Å². The Morgan fingerprint density at radius 3 is 2.47 bits per heavy atom. The van der Waals surface area contributed by atoms with Crippen LogP contribution in [-0.2, 0) is 0 Å². The van der Waals surface area contributed by atoms with E-state index in [0.29, 0.717) is 6.04 Å². The highest BCUT2D eigenvalue weighted by atomic mass is 16.4. The van der Waals surface area contributed by atoms with Crippen LogP contribution in [0.25, 0.3) is 0 Å². The van der Waals surface area contributed by atoms with Crippen LogP contribution in [0.4, 0.5) is 0 Å². The van der Waals surface area contributed by atoms with Crippen molar-refractivity contribution in [2.24, 2.45) is 16.3 Å². The van der Waals surface area contributed by atoms with Crippen LogP contribution in [0, 0.1) is 5.41 Å². The lowest BCUT2D eigenvalue weighted by molar-refractivity contribution is 0.0932. The van der Waals surface area contributed by atoms with Crippen LogP contribution >= 0.6 is 0 Å². The Kier molecular flexibility index (Phi) is 5.21. The molecule has 5 heteroatoms. The molecule has 0 aromatic rings. The molecule has 0 aliphatic heterocycles. The molecule has 0 spiro atoms. The van der Waals surface area contributed by atoms with E-state index in [0.717, 1.165) is 19.5 Å². The zero-order valence-corrected chi connectivity index (χ0v) is 10.9. The first-order valence-corrected chi connectivity index (χ1v) is 6.34. The molecule has 1 saturated carbocycles. The highest BCUT2D eigenvalue weighted by Crippen LogP contribution is 2.27. The van der Waals surface area contributed by atoms with Gasteiger partial charge in [-0.2, -0.15) is 0 Å². The van der Waals surface area contributed by atoms with E-state index in [1.165, 1.54) is 19.3 Å². The Morgan fingerprint density at radius 1 is 1.41 bits per heavy atom. The quantitative estimate of drug-likeness (QED) is 0.269. The molecule has 0 aromatic carbocycles. The lowest BCUT2D eigenvalue weighted by Crippen LogP contribution is -2.44. The molecular formula is C12H25N3O2. The van der Waals surface area contributed by atoms with E-state index in [2.05, 4.69) is 10.1 Å². The molecule has 5 nitrogen and oxygen atoms in total. The summed E-state index contributed by atoms with van der Waals surface area (Å²) >= 11 is 0. The van der Waals surface area contributed by atoms with Gasteiger partial charge in [-0.15, -0.1) is 0 Å². The summed E-state index contributed by atoms with van der Waals surface area (Å²) in [6.07, 6.45) is 4.57. The zero-order valence-electron chi connectivity index (χ0n) is 10.9. The van der Waals surface area contributed by atoms with Crippen molar-refractivity contribution in [3.8, 4) is 0 Å².